The van der Waals surface area contributed by atoms with Gasteiger partial charge in [-0.3, -0.25) is 14.5 Å². The lowest BCUT2D eigenvalue weighted by Gasteiger charge is -2.23. The Bertz CT molecular complexity index is 690. The second-order valence-electron chi connectivity index (χ2n) is 6.77. The van der Waals surface area contributed by atoms with Crippen LogP contribution in [0.3, 0.4) is 0 Å². The second kappa shape index (κ2) is 6.23. The van der Waals surface area contributed by atoms with Crippen molar-refractivity contribution in [3.8, 4) is 0 Å². The van der Waals surface area contributed by atoms with Gasteiger partial charge in [0.1, 0.15) is 6.04 Å². The fourth-order valence-electron chi connectivity index (χ4n) is 3.71. The Kier molecular flexibility index (Phi) is 4.26. The number of hydrogen-bond donors (Lipinski definition) is 1. The molecule has 1 aliphatic heterocycles. The van der Waals surface area contributed by atoms with E-state index in [-0.39, 0.29) is 18.2 Å². The third-order valence-electron chi connectivity index (χ3n) is 5.24. The normalized spacial score (nSPS) is 25.0. The van der Waals surface area contributed by atoms with Crippen LogP contribution in [0.25, 0.3) is 0 Å². The third kappa shape index (κ3) is 2.75. The Morgan fingerprint density at radius 2 is 1.58 bits per heavy atom. The lowest BCUT2D eigenvalue weighted by atomic mass is 9.78. The minimum Gasteiger partial charge on any atom is -0.480 e. The number of imide groups is 1. The van der Waals surface area contributed by atoms with Crippen LogP contribution in [-0.2, 0) is 20.8 Å². The molecule has 3 rings (SSSR count). The lowest BCUT2D eigenvalue weighted by molar-refractivity contribution is -0.155. The van der Waals surface area contributed by atoms with Gasteiger partial charge in [-0.25, -0.2) is 4.79 Å². The summed E-state index contributed by atoms with van der Waals surface area (Å²) in [5.41, 5.74) is 3.06. The van der Waals surface area contributed by atoms with Gasteiger partial charge in [0.05, 0.1) is 11.8 Å². The van der Waals surface area contributed by atoms with Gasteiger partial charge in [-0.2, -0.15) is 0 Å². The summed E-state index contributed by atoms with van der Waals surface area (Å²) >= 11 is 0. The first-order valence-corrected chi connectivity index (χ1v) is 8.19. The maximum absolute atomic E-state index is 12.8. The Hall–Kier alpha value is -2.43. The molecular formula is C19H21NO4. The van der Waals surface area contributed by atoms with Crippen LogP contribution in [0.5, 0.6) is 0 Å². The summed E-state index contributed by atoms with van der Waals surface area (Å²) in [6.07, 6.45) is 1.24. The summed E-state index contributed by atoms with van der Waals surface area (Å²) in [5.74, 6) is -2.61. The number of carbonyl (C=O) groups excluding carboxylic acids is 2. The average Bonchev–Trinajstić information content (AvgIpc) is 2.78. The van der Waals surface area contributed by atoms with E-state index in [2.05, 4.69) is 0 Å². The Morgan fingerprint density at radius 1 is 1.08 bits per heavy atom. The van der Waals surface area contributed by atoms with Crippen molar-refractivity contribution in [3.63, 3.8) is 0 Å². The first-order chi connectivity index (χ1) is 11.4. The van der Waals surface area contributed by atoms with E-state index < -0.39 is 23.8 Å². The molecule has 0 radical (unpaired) electrons. The van der Waals surface area contributed by atoms with Gasteiger partial charge < -0.3 is 5.11 Å². The standard InChI is InChI=1S/C19H21NO4/c1-11-8-14-15(9-12(11)2)18(22)20(17(14)21)16(19(23)24)10-13-6-4-3-5-7-13/h3-7,14-16H,8-10H2,1-2H3,(H,23,24)/t14-,15+,16-/m1/s1. The smallest absolute Gasteiger partial charge is 0.327 e. The topological polar surface area (TPSA) is 74.7 Å². The number of carboxylic acid groups (broad SMARTS) is 1. The van der Waals surface area contributed by atoms with Gasteiger partial charge in [0.2, 0.25) is 11.8 Å². The molecule has 24 heavy (non-hydrogen) atoms. The molecule has 1 heterocycles. The number of rotatable bonds is 4. The fourth-order valence-corrected chi connectivity index (χ4v) is 3.71. The minimum atomic E-state index is -1.14. The second-order valence-corrected chi connectivity index (χ2v) is 6.77. The summed E-state index contributed by atoms with van der Waals surface area (Å²) in [6, 6.07) is 7.96. The summed E-state index contributed by atoms with van der Waals surface area (Å²) in [5, 5.41) is 9.61. The Balaban J connectivity index is 1.88. The molecule has 0 aromatic heterocycles. The molecule has 0 unspecified atom stereocenters. The number of likely N-dealkylation sites (tertiary alicyclic amines) is 1. The number of carboxylic acids is 1. The molecule has 1 aromatic carbocycles. The van der Waals surface area contributed by atoms with Crippen LogP contribution < -0.4 is 0 Å². The number of carbonyl (C=O) groups is 3. The van der Waals surface area contributed by atoms with E-state index in [1.165, 1.54) is 0 Å². The fraction of sp³-hybridized carbons (Fsp3) is 0.421. The molecule has 1 fully saturated rings. The predicted octanol–water partition coefficient (Wildman–Crippen LogP) is 2.41. The lowest BCUT2D eigenvalue weighted by Crippen LogP contribution is -2.46. The molecule has 1 aliphatic carbocycles. The van der Waals surface area contributed by atoms with Crippen molar-refractivity contribution in [1.29, 1.82) is 0 Å². The van der Waals surface area contributed by atoms with Crippen molar-refractivity contribution in [1.82, 2.24) is 4.90 Å². The highest BCUT2D eigenvalue weighted by Gasteiger charge is 2.52. The highest BCUT2D eigenvalue weighted by Crippen LogP contribution is 2.41. The molecule has 126 valence electrons. The first-order valence-electron chi connectivity index (χ1n) is 8.19. The quantitative estimate of drug-likeness (QED) is 0.681. The molecule has 0 saturated carbocycles. The number of aliphatic carboxylic acids is 1. The van der Waals surface area contributed by atoms with E-state index in [9.17, 15) is 19.5 Å². The van der Waals surface area contributed by atoms with Gasteiger partial charge >= 0.3 is 5.97 Å². The van der Waals surface area contributed by atoms with Gasteiger partial charge in [-0.05, 0) is 32.3 Å². The first kappa shape index (κ1) is 16.4. The number of benzene rings is 1. The molecule has 5 heteroatoms. The highest BCUT2D eigenvalue weighted by atomic mass is 16.4. The summed E-state index contributed by atoms with van der Waals surface area (Å²) in [7, 11) is 0. The van der Waals surface area contributed by atoms with E-state index in [0.717, 1.165) is 21.6 Å². The zero-order valence-electron chi connectivity index (χ0n) is 13.9. The molecule has 1 aromatic rings. The maximum atomic E-state index is 12.8. The number of allylic oxidation sites excluding steroid dienone is 2. The monoisotopic (exact) mass is 327 g/mol. The highest BCUT2D eigenvalue weighted by molar-refractivity contribution is 6.08. The Morgan fingerprint density at radius 3 is 2.04 bits per heavy atom. The Labute approximate surface area is 141 Å². The number of nitrogens with zero attached hydrogens (tertiary/aromatic N) is 1. The van der Waals surface area contributed by atoms with E-state index in [1.54, 1.807) is 0 Å². The van der Waals surface area contributed by atoms with Crippen molar-refractivity contribution < 1.29 is 19.5 Å². The van der Waals surface area contributed by atoms with Crippen molar-refractivity contribution in [2.75, 3.05) is 0 Å². The summed E-state index contributed by atoms with van der Waals surface area (Å²) < 4.78 is 0. The van der Waals surface area contributed by atoms with E-state index in [1.807, 2.05) is 44.2 Å². The molecular weight excluding hydrogens is 306 g/mol. The predicted molar refractivity (Wildman–Crippen MR) is 88.0 cm³/mol. The largest absolute Gasteiger partial charge is 0.480 e. The molecule has 1 saturated heterocycles. The SMILES string of the molecule is CC1=C(C)C[C@H]2C(=O)N([C@H](Cc3ccccc3)C(=O)O)C(=O)[C@H]2C1. The molecule has 0 bridgehead atoms. The molecule has 1 N–H and O–H groups in total. The zero-order valence-corrected chi connectivity index (χ0v) is 13.9. The van der Waals surface area contributed by atoms with Crippen LogP contribution in [-0.4, -0.2) is 33.8 Å². The number of amides is 2. The van der Waals surface area contributed by atoms with Crippen LogP contribution in [0.4, 0.5) is 0 Å². The van der Waals surface area contributed by atoms with Crippen molar-refractivity contribution in [3.05, 3.63) is 47.0 Å². The van der Waals surface area contributed by atoms with E-state index >= 15 is 0 Å². The van der Waals surface area contributed by atoms with Gasteiger partial charge in [-0.1, -0.05) is 41.5 Å². The molecule has 2 amide bonds. The summed E-state index contributed by atoms with van der Waals surface area (Å²) in [4.78, 5) is 38.3. The van der Waals surface area contributed by atoms with Crippen molar-refractivity contribution in [2.24, 2.45) is 11.8 Å². The van der Waals surface area contributed by atoms with Gasteiger partial charge in [-0.15, -0.1) is 0 Å². The number of hydrogen-bond acceptors (Lipinski definition) is 3. The summed E-state index contributed by atoms with van der Waals surface area (Å²) in [6.45, 7) is 3.95. The van der Waals surface area contributed by atoms with Crippen LogP contribution in [0.2, 0.25) is 0 Å². The third-order valence-corrected chi connectivity index (χ3v) is 5.24. The van der Waals surface area contributed by atoms with Crippen LogP contribution in [0.1, 0.15) is 32.3 Å². The van der Waals surface area contributed by atoms with Crippen molar-refractivity contribution >= 4 is 17.8 Å². The number of fused-ring (bicyclic) bond motifs is 1. The van der Waals surface area contributed by atoms with E-state index in [0.29, 0.717) is 12.8 Å². The average molecular weight is 327 g/mol. The maximum Gasteiger partial charge on any atom is 0.327 e. The van der Waals surface area contributed by atoms with Crippen LogP contribution in [0.15, 0.2) is 41.5 Å². The van der Waals surface area contributed by atoms with E-state index in [4.69, 9.17) is 0 Å². The molecule has 3 atom stereocenters. The van der Waals surface area contributed by atoms with Gasteiger partial charge in [0, 0.05) is 6.42 Å². The minimum absolute atomic E-state index is 0.137. The zero-order chi connectivity index (χ0) is 17.4. The molecule has 2 aliphatic rings. The van der Waals surface area contributed by atoms with Gasteiger partial charge in [0.25, 0.3) is 0 Å². The van der Waals surface area contributed by atoms with Crippen molar-refractivity contribution in [2.45, 2.75) is 39.2 Å². The molecule has 0 spiro atoms. The van der Waals surface area contributed by atoms with Gasteiger partial charge in [0.15, 0.2) is 0 Å². The van der Waals surface area contributed by atoms with Crippen LogP contribution in [0, 0.1) is 11.8 Å². The van der Waals surface area contributed by atoms with Crippen LogP contribution >= 0.6 is 0 Å². The molecule has 5 nitrogen and oxygen atoms in total.